The number of amidine groups is 1. The number of aryl methyl sites for hydroxylation is 1. The molecule has 0 bridgehead atoms. The number of rotatable bonds is 15. The zero-order valence-corrected chi connectivity index (χ0v) is 24.9. The second-order valence-corrected chi connectivity index (χ2v) is 10.5. The first-order valence-electron chi connectivity index (χ1n) is 12.4. The Hall–Kier alpha value is -2.71. The van der Waals surface area contributed by atoms with Crippen LogP contribution in [-0.2, 0) is 4.79 Å². The molecule has 0 saturated heterocycles. The summed E-state index contributed by atoms with van der Waals surface area (Å²) in [5, 5.41) is 4.07. The molecule has 1 amide bonds. The number of nitrogens with one attached hydrogen (secondary N) is 1. The van der Waals surface area contributed by atoms with Crippen LogP contribution in [0.15, 0.2) is 70.3 Å². The van der Waals surface area contributed by atoms with E-state index in [4.69, 9.17) is 4.74 Å². The summed E-state index contributed by atoms with van der Waals surface area (Å²) in [6.45, 7) is 22.0. The Balaban J connectivity index is 2.86. The number of ether oxygens (including phenoxy) is 1. The third-order valence-corrected chi connectivity index (χ3v) is 7.78. The summed E-state index contributed by atoms with van der Waals surface area (Å²) in [5.41, 5.74) is 4.52. The molecule has 8 heteroatoms. The molecule has 0 aliphatic rings. The van der Waals surface area contributed by atoms with Crippen molar-refractivity contribution in [3.63, 3.8) is 0 Å². The Kier molecular flexibility index (Phi) is 15.5. The van der Waals surface area contributed by atoms with E-state index >= 15 is 0 Å². The number of hydrogen-bond donors (Lipinski definition) is 1. The lowest BCUT2D eigenvalue weighted by atomic mass is 10.00. The van der Waals surface area contributed by atoms with Gasteiger partial charge in [-0.15, -0.1) is 11.8 Å². The van der Waals surface area contributed by atoms with Crippen LogP contribution in [0.3, 0.4) is 0 Å². The summed E-state index contributed by atoms with van der Waals surface area (Å²) in [6.07, 6.45) is 7.97. The minimum absolute atomic E-state index is 0.271. The number of methoxy groups -OCH3 is 1. The van der Waals surface area contributed by atoms with Crippen molar-refractivity contribution < 1.29 is 9.53 Å². The Morgan fingerprint density at radius 3 is 2.54 bits per heavy atom. The highest BCUT2D eigenvalue weighted by atomic mass is 32.2. The molecule has 1 aromatic carbocycles. The zero-order chi connectivity index (χ0) is 27.8. The first-order valence-corrected chi connectivity index (χ1v) is 14.3. The number of aliphatic imine (C=N–C) groups is 2. The number of carbonyl (C=O) groups is 1. The molecule has 202 valence electrons. The van der Waals surface area contributed by atoms with Crippen molar-refractivity contribution in [2.24, 2.45) is 9.98 Å². The molecule has 1 N–H and O–H groups in total. The molecule has 0 heterocycles. The van der Waals surface area contributed by atoms with Crippen molar-refractivity contribution >= 4 is 46.4 Å². The van der Waals surface area contributed by atoms with Crippen LogP contribution in [-0.4, -0.2) is 54.5 Å². The normalized spacial score (nSPS) is 11.9. The Morgan fingerprint density at radius 2 is 1.97 bits per heavy atom. The minimum atomic E-state index is -0.271. The van der Waals surface area contributed by atoms with Crippen molar-refractivity contribution in [3.05, 3.63) is 66.5 Å². The lowest BCUT2D eigenvalue weighted by Gasteiger charge is -2.24. The van der Waals surface area contributed by atoms with Gasteiger partial charge in [0, 0.05) is 42.5 Å². The molecule has 0 aliphatic heterocycles. The van der Waals surface area contributed by atoms with Crippen LogP contribution in [0.5, 0.6) is 5.75 Å². The summed E-state index contributed by atoms with van der Waals surface area (Å²) >= 11 is 3.17. The highest BCUT2D eigenvalue weighted by Crippen LogP contribution is 2.36. The number of benzene rings is 1. The van der Waals surface area contributed by atoms with Gasteiger partial charge in [0.1, 0.15) is 11.4 Å². The van der Waals surface area contributed by atoms with Gasteiger partial charge in [-0.3, -0.25) is 20.1 Å². The molecule has 0 atom stereocenters. The van der Waals surface area contributed by atoms with Gasteiger partial charge in [0.15, 0.2) is 5.17 Å². The number of allylic oxidation sites excluding steroid dienone is 3. The van der Waals surface area contributed by atoms with E-state index in [0.717, 1.165) is 65.4 Å². The van der Waals surface area contributed by atoms with E-state index in [-0.39, 0.29) is 5.91 Å². The fourth-order valence-electron chi connectivity index (χ4n) is 3.55. The molecule has 0 aliphatic carbocycles. The van der Waals surface area contributed by atoms with Crippen LogP contribution in [0.25, 0.3) is 5.57 Å². The van der Waals surface area contributed by atoms with E-state index in [1.807, 2.05) is 6.08 Å². The standard InChI is InChI=1S/C29H42N4O2S2/c1-10-16-33(23(7)11-2)17-14-15-21(5)24-19-27(22(6)18-26(24)35-9)36-20-37-29(30-8)32-28(34)25(12-3)31-13-4/h11-13,18-19H,2,5,7,10,14-17,20H2,1,3-4,6,8-9H3,(H,30,32,34)/b25-12-,31-13-. The minimum Gasteiger partial charge on any atom is -0.496 e. The quantitative estimate of drug-likeness (QED) is 0.0640. The second-order valence-electron chi connectivity index (χ2n) is 8.16. The van der Waals surface area contributed by atoms with E-state index in [9.17, 15) is 4.79 Å². The second kappa shape index (κ2) is 17.7. The van der Waals surface area contributed by atoms with Crippen LogP contribution in [0, 0.1) is 6.92 Å². The van der Waals surface area contributed by atoms with Gasteiger partial charge in [-0.25, -0.2) is 0 Å². The molecular formula is C29H42N4O2S2. The summed E-state index contributed by atoms with van der Waals surface area (Å²) < 4.78 is 5.68. The monoisotopic (exact) mass is 542 g/mol. The maximum atomic E-state index is 12.4. The summed E-state index contributed by atoms with van der Waals surface area (Å²) in [5.74, 6) is 0.561. The fraction of sp³-hybridized carbons (Fsp3) is 0.414. The molecule has 0 radical (unpaired) electrons. The van der Waals surface area contributed by atoms with Gasteiger partial charge >= 0.3 is 0 Å². The van der Waals surface area contributed by atoms with Crippen molar-refractivity contribution in [2.45, 2.75) is 51.9 Å². The predicted molar refractivity (Wildman–Crippen MR) is 165 cm³/mol. The number of nitrogens with zero attached hydrogens (tertiary/aromatic N) is 3. The molecule has 0 saturated carbocycles. The smallest absolute Gasteiger partial charge is 0.275 e. The SMILES string of the molecule is C=CC(=C)N(CCC)CCCC(=C)c1cc(SCS/C(=N\C)NC(=O)C(=C/C)/N=C\C)c(C)cc1OC. The molecule has 0 unspecified atom stereocenters. The van der Waals surface area contributed by atoms with Crippen LogP contribution < -0.4 is 10.1 Å². The van der Waals surface area contributed by atoms with Gasteiger partial charge in [-0.2, -0.15) is 0 Å². The molecule has 0 fully saturated rings. The number of carbonyl (C=O) groups excluding carboxylic acids is 1. The number of hydrogen-bond acceptors (Lipinski definition) is 7. The first kappa shape index (κ1) is 32.3. The van der Waals surface area contributed by atoms with Crippen molar-refractivity contribution in [2.75, 3.05) is 32.3 Å². The number of amides is 1. The van der Waals surface area contributed by atoms with Crippen molar-refractivity contribution in [3.8, 4) is 5.75 Å². The maximum absolute atomic E-state index is 12.4. The Morgan fingerprint density at radius 1 is 1.24 bits per heavy atom. The third-order valence-electron chi connectivity index (χ3n) is 5.53. The van der Waals surface area contributed by atoms with Gasteiger partial charge in [0.05, 0.1) is 12.2 Å². The molecule has 1 aromatic rings. The highest BCUT2D eigenvalue weighted by Gasteiger charge is 2.14. The van der Waals surface area contributed by atoms with Gasteiger partial charge in [-0.1, -0.05) is 44.5 Å². The molecule has 37 heavy (non-hydrogen) atoms. The molecule has 0 aromatic heterocycles. The molecule has 1 rings (SSSR count). The van der Waals surface area contributed by atoms with E-state index < -0.39 is 0 Å². The largest absolute Gasteiger partial charge is 0.496 e. The molecule has 0 spiro atoms. The van der Waals surface area contributed by atoms with E-state index in [1.54, 1.807) is 52.1 Å². The summed E-state index contributed by atoms with van der Waals surface area (Å²) in [7, 11) is 3.36. The maximum Gasteiger partial charge on any atom is 0.275 e. The van der Waals surface area contributed by atoms with Crippen LogP contribution >= 0.6 is 23.5 Å². The average Bonchev–Trinajstić information content (AvgIpc) is 2.90. The Bertz CT molecular complexity index is 1040. The average molecular weight is 543 g/mol. The third kappa shape index (κ3) is 10.7. The van der Waals surface area contributed by atoms with Crippen molar-refractivity contribution in [1.29, 1.82) is 0 Å². The van der Waals surface area contributed by atoms with Crippen LogP contribution in [0.4, 0.5) is 0 Å². The summed E-state index contributed by atoms with van der Waals surface area (Å²) in [4.78, 5) is 24.1. The predicted octanol–water partition coefficient (Wildman–Crippen LogP) is 7.09. The fourth-order valence-corrected chi connectivity index (χ4v) is 5.52. The first-order chi connectivity index (χ1) is 17.8. The van der Waals surface area contributed by atoms with Gasteiger partial charge in [-0.05, 0) is 69.4 Å². The van der Waals surface area contributed by atoms with Crippen molar-refractivity contribution in [1.82, 2.24) is 10.2 Å². The van der Waals surface area contributed by atoms with Gasteiger partial charge < -0.3 is 9.64 Å². The lowest BCUT2D eigenvalue weighted by molar-refractivity contribution is -0.116. The van der Waals surface area contributed by atoms with Crippen LogP contribution in [0.1, 0.15) is 51.2 Å². The van der Waals surface area contributed by atoms with Crippen LogP contribution in [0.2, 0.25) is 0 Å². The number of thioether (sulfide) groups is 2. The molecule has 6 nitrogen and oxygen atoms in total. The lowest BCUT2D eigenvalue weighted by Crippen LogP contribution is -2.29. The highest BCUT2D eigenvalue weighted by molar-refractivity contribution is 8.24. The summed E-state index contributed by atoms with van der Waals surface area (Å²) in [6, 6.07) is 4.22. The van der Waals surface area contributed by atoms with E-state index in [1.165, 1.54) is 11.8 Å². The van der Waals surface area contributed by atoms with Gasteiger partial charge in [0.25, 0.3) is 5.91 Å². The van der Waals surface area contributed by atoms with E-state index in [0.29, 0.717) is 15.9 Å². The molecular weight excluding hydrogens is 500 g/mol. The topological polar surface area (TPSA) is 66.3 Å². The van der Waals surface area contributed by atoms with E-state index in [2.05, 4.69) is 65.9 Å². The Labute approximate surface area is 232 Å². The zero-order valence-electron chi connectivity index (χ0n) is 23.2. The van der Waals surface area contributed by atoms with Gasteiger partial charge in [0.2, 0.25) is 0 Å².